The Morgan fingerprint density at radius 3 is 2.57 bits per heavy atom. The van der Waals surface area contributed by atoms with E-state index in [0.717, 1.165) is 37.6 Å². The summed E-state index contributed by atoms with van der Waals surface area (Å²) in [4.78, 5) is 17.2. The number of halogens is 1. The Bertz CT molecular complexity index is 649. The number of rotatable bonds is 2. The van der Waals surface area contributed by atoms with Gasteiger partial charge < -0.3 is 9.80 Å². The summed E-state index contributed by atoms with van der Waals surface area (Å²) in [5.74, 6) is 1.78. The topological polar surface area (TPSA) is 23.6 Å². The smallest absolute Gasteiger partial charge is 0.226 e. The van der Waals surface area contributed by atoms with E-state index in [0.29, 0.717) is 17.7 Å². The molecule has 0 N–H and O–H groups in total. The Morgan fingerprint density at radius 2 is 1.91 bits per heavy atom. The molecule has 0 spiro atoms. The minimum Gasteiger partial charge on any atom is -0.368 e. The van der Waals surface area contributed by atoms with Gasteiger partial charge in [0.1, 0.15) is 0 Å². The molecular formula is C19H23ClN2O. The van der Waals surface area contributed by atoms with E-state index in [-0.39, 0.29) is 5.92 Å². The molecule has 1 aliphatic heterocycles. The summed E-state index contributed by atoms with van der Waals surface area (Å²) in [6.07, 6.45) is 6.82. The summed E-state index contributed by atoms with van der Waals surface area (Å²) in [5, 5.41) is 0.776. The Kier molecular flexibility index (Phi) is 3.84. The second-order valence-electron chi connectivity index (χ2n) is 7.13. The molecule has 23 heavy (non-hydrogen) atoms. The molecule has 2 fully saturated rings. The van der Waals surface area contributed by atoms with Crippen molar-refractivity contribution in [2.24, 2.45) is 17.8 Å². The minimum absolute atomic E-state index is 0.240. The van der Waals surface area contributed by atoms with Gasteiger partial charge in [-0.05, 0) is 49.3 Å². The highest BCUT2D eigenvalue weighted by atomic mass is 35.5. The number of carbonyl (C=O) groups is 1. The highest BCUT2D eigenvalue weighted by Gasteiger charge is 2.41. The Balaban J connectivity index is 1.40. The lowest BCUT2D eigenvalue weighted by Gasteiger charge is -2.38. The first-order valence-electron chi connectivity index (χ1n) is 8.60. The number of nitrogens with zero attached hydrogens (tertiary/aromatic N) is 2. The molecule has 3 nitrogen and oxygen atoms in total. The molecule has 0 radical (unpaired) electrons. The second kappa shape index (κ2) is 5.86. The fraction of sp³-hybridized carbons (Fsp3) is 0.526. The number of hydrogen-bond acceptors (Lipinski definition) is 2. The van der Waals surface area contributed by atoms with Crippen LogP contribution in [0.1, 0.15) is 18.4 Å². The Labute approximate surface area is 142 Å². The van der Waals surface area contributed by atoms with Crippen molar-refractivity contribution < 1.29 is 4.79 Å². The summed E-state index contributed by atoms with van der Waals surface area (Å²) < 4.78 is 0. The maximum atomic E-state index is 12.8. The van der Waals surface area contributed by atoms with Crippen LogP contribution in [0.4, 0.5) is 5.69 Å². The molecule has 3 aliphatic rings. The Hall–Kier alpha value is -1.48. The second-order valence-corrected chi connectivity index (χ2v) is 7.57. The molecule has 2 bridgehead atoms. The normalized spacial score (nSPS) is 29.4. The predicted octanol–water partition coefficient (Wildman–Crippen LogP) is 3.51. The van der Waals surface area contributed by atoms with Crippen molar-refractivity contribution in [1.29, 1.82) is 0 Å². The molecule has 0 unspecified atom stereocenters. The maximum Gasteiger partial charge on any atom is 0.226 e. The van der Waals surface area contributed by atoms with E-state index >= 15 is 0 Å². The van der Waals surface area contributed by atoms with Gasteiger partial charge in [0.05, 0.1) is 0 Å². The van der Waals surface area contributed by atoms with Crippen LogP contribution in [0.25, 0.3) is 0 Å². The number of carbonyl (C=O) groups excluding carboxylic acids is 1. The number of piperazine rings is 1. The van der Waals surface area contributed by atoms with E-state index in [1.54, 1.807) is 0 Å². The van der Waals surface area contributed by atoms with Crippen LogP contribution in [0.2, 0.25) is 5.02 Å². The molecule has 1 saturated carbocycles. The number of fused-ring (bicyclic) bond motifs is 2. The van der Waals surface area contributed by atoms with Gasteiger partial charge in [0.2, 0.25) is 5.91 Å². The van der Waals surface area contributed by atoms with Crippen molar-refractivity contribution in [3.8, 4) is 0 Å². The average Bonchev–Trinajstić information content (AvgIpc) is 3.20. The van der Waals surface area contributed by atoms with E-state index in [4.69, 9.17) is 11.6 Å². The van der Waals surface area contributed by atoms with Crippen LogP contribution in [-0.2, 0) is 4.79 Å². The van der Waals surface area contributed by atoms with E-state index in [9.17, 15) is 4.79 Å². The van der Waals surface area contributed by atoms with E-state index in [2.05, 4.69) is 34.9 Å². The summed E-state index contributed by atoms with van der Waals surface area (Å²) in [5.41, 5.74) is 2.44. The summed E-state index contributed by atoms with van der Waals surface area (Å²) in [7, 11) is 0. The van der Waals surface area contributed by atoms with Crippen molar-refractivity contribution in [3.05, 3.63) is 40.9 Å². The van der Waals surface area contributed by atoms with E-state index in [1.165, 1.54) is 17.7 Å². The quantitative estimate of drug-likeness (QED) is 0.775. The summed E-state index contributed by atoms with van der Waals surface area (Å²) in [6.45, 7) is 5.54. The molecule has 1 amide bonds. The van der Waals surface area contributed by atoms with Crippen LogP contribution in [0.3, 0.4) is 0 Å². The Morgan fingerprint density at radius 1 is 1.13 bits per heavy atom. The highest BCUT2D eigenvalue weighted by molar-refractivity contribution is 6.30. The first-order valence-corrected chi connectivity index (χ1v) is 8.98. The van der Waals surface area contributed by atoms with Gasteiger partial charge in [0.25, 0.3) is 0 Å². The third-order valence-corrected chi connectivity index (χ3v) is 5.93. The molecule has 1 aromatic rings. The van der Waals surface area contributed by atoms with Crippen LogP contribution in [0.5, 0.6) is 0 Å². The molecule has 4 heteroatoms. The zero-order chi connectivity index (χ0) is 16.0. The van der Waals surface area contributed by atoms with Gasteiger partial charge in [-0.1, -0.05) is 29.8 Å². The molecule has 2 aliphatic carbocycles. The largest absolute Gasteiger partial charge is 0.368 e. The monoisotopic (exact) mass is 330 g/mol. The maximum absolute atomic E-state index is 12.8. The highest BCUT2D eigenvalue weighted by Crippen LogP contribution is 2.44. The first-order chi connectivity index (χ1) is 11.1. The lowest BCUT2D eigenvalue weighted by molar-refractivity contribution is -0.136. The van der Waals surface area contributed by atoms with Gasteiger partial charge in [-0.25, -0.2) is 0 Å². The van der Waals surface area contributed by atoms with Crippen molar-refractivity contribution >= 4 is 23.2 Å². The van der Waals surface area contributed by atoms with Crippen LogP contribution < -0.4 is 4.90 Å². The van der Waals surface area contributed by atoms with Gasteiger partial charge in [-0.3, -0.25) is 4.79 Å². The van der Waals surface area contributed by atoms with Crippen molar-refractivity contribution in [1.82, 2.24) is 4.90 Å². The molecule has 122 valence electrons. The fourth-order valence-electron chi connectivity index (χ4n) is 4.39. The SMILES string of the molecule is Cc1ccc(Cl)cc1N1CCN(C(=O)[C@H]2C[C@H]3C=C[C@H]2C3)CC1. The van der Waals surface area contributed by atoms with Gasteiger partial charge in [-0.2, -0.15) is 0 Å². The standard InChI is InChI=1S/C19H23ClN2O/c1-13-2-5-16(20)12-18(13)21-6-8-22(9-7-21)19(23)17-11-14-3-4-15(17)10-14/h2-5,12,14-15,17H,6-11H2,1H3/t14-,15-,17-/m0/s1. The molecular weight excluding hydrogens is 308 g/mol. The number of anilines is 1. The number of aryl methyl sites for hydroxylation is 1. The van der Waals surface area contributed by atoms with Crippen molar-refractivity contribution in [2.45, 2.75) is 19.8 Å². The van der Waals surface area contributed by atoms with Gasteiger partial charge >= 0.3 is 0 Å². The lowest BCUT2D eigenvalue weighted by Crippen LogP contribution is -2.51. The van der Waals surface area contributed by atoms with Crippen LogP contribution in [-0.4, -0.2) is 37.0 Å². The number of amides is 1. The predicted molar refractivity (Wildman–Crippen MR) is 93.8 cm³/mol. The van der Waals surface area contributed by atoms with Gasteiger partial charge in [-0.15, -0.1) is 0 Å². The third-order valence-electron chi connectivity index (χ3n) is 5.70. The molecule has 0 aromatic heterocycles. The van der Waals surface area contributed by atoms with Crippen LogP contribution in [0, 0.1) is 24.7 Å². The number of hydrogen-bond donors (Lipinski definition) is 0. The lowest BCUT2D eigenvalue weighted by atomic mass is 9.92. The molecule has 1 saturated heterocycles. The minimum atomic E-state index is 0.240. The third kappa shape index (κ3) is 2.76. The summed E-state index contributed by atoms with van der Waals surface area (Å²) >= 11 is 6.14. The number of allylic oxidation sites excluding steroid dienone is 2. The molecule has 1 heterocycles. The van der Waals surface area contributed by atoms with Crippen molar-refractivity contribution in [3.63, 3.8) is 0 Å². The van der Waals surface area contributed by atoms with E-state index < -0.39 is 0 Å². The van der Waals surface area contributed by atoms with Crippen LogP contribution >= 0.6 is 11.6 Å². The van der Waals surface area contributed by atoms with Gasteiger partial charge in [0, 0.05) is 42.8 Å². The molecule has 1 aromatic carbocycles. The average molecular weight is 331 g/mol. The summed E-state index contributed by atoms with van der Waals surface area (Å²) in [6, 6.07) is 6.04. The first kappa shape index (κ1) is 15.1. The zero-order valence-corrected chi connectivity index (χ0v) is 14.3. The van der Waals surface area contributed by atoms with Crippen molar-refractivity contribution in [2.75, 3.05) is 31.1 Å². The van der Waals surface area contributed by atoms with Crippen LogP contribution in [0.15, 0.2) is 30.4 Å². The van der Waals surface area contributed by atoms with E-state index in [1.807, 2.05) is 12.1 Å². The number of benzene rings is 1. The fourth-order valence-corrected chi connectivity index (χ4v) is 4.56. The molecule has 4 rings (SSSR count). The molecule has 3 atom stereocenters. The van der Waals surface area contributed by atoms with Gasteiger partial charge in [0.15, 0.2) is 0 Å². The zero-order valence-electron chi connectivity index (χ0n) is 13.5.